The largest absolute Gasteiger partial charge is 0.443 e. The molecule has 0 aliphatic carbocycles. The summed E-state index contributed by atoms with van der Waals surface area (Å²) < 4.78 is 5.01. The van der Waals surface area contributed by atoms with Crippen molar-refractivity contribution in [2.45, 2.75) is 38.4 Å². The van der Waals surface area contributed by atoms with Gasteiger partial charge < -0.3 is 20.5 Å². The number of rotatable bonds is 2. The third kappa shape index (κ3) is 3.10. The van der Waals surface area contributed by atoms with Crippen molar-refractivity contribution in [2.75, 3.05) is 13.1 Å². The lowest BCUT2D eigenvalue weighted by molar-refractivity contribution is -0.142. The van der Waals surface area contributed by atoms with Crippen LogP contribution in [0.25, 0.3) is 0 Å². The number of piperidine rings is 1. The van der Waals surface area contributed by atoms with Crippen LogP contribution in [0.4, 0.5) is 4.79 Å². The van der Waals surface area contributed by atoms with Crippen molar-refractivity contribution in [3.05, 3.63) is 0 Å². The van der Waals surface area contributed by atoms with Crippen LogP contribution in [0.5, 0.6) is 0 Å². The maximum absolute atomic E-state index is 11.5. The minimum absolute atomic E-state index is 0.291. The van der Waals surface area contributed by atoms with Crippen LogP contribution in [0.3, 0.4) is 0 Å². The lowest BCUT2D eigenvalue weighted by atomic mass is 9.93. The fourth-order valence-corrected chi connectivity index (χ4v) is 1.81. The van der Waals surface area contributed by atoms with Gasteiger partial charge in [0.2, 0.25) is 0 Å². The molecule has 1 aliphatic rings. The molecule has 6 nitrogen and oxygen atoms in total. The summed E-state index contributed by atoms with van der Waals surface area (Å²) in [5, 5.41) is 9.15. The van der Waals surface area contributed by atoms with Gasteiger partial charge in [0.1, 0.15) is 11.7 Å². The predicted molar refractivity (Wildman–Crippen MR) is 56.6 cm³/mol. The molecule has 1 aliphatic heterocycles. The van der Waals surface area contributed by atoms with Gasteiger partial charge in [0, 0.05) is 25.9 Å². The highest BCUT2D eigenvalue weighted by Gasteiger charge is 2.35. The highest BCUT2D eigenvalue weighted by atomic mass is 16.6. The molecular formula is C10H18N2O4. The van der Waals surface area contributed by atoms with Crippen LogP contribution in [-0.4, -0.2) is 46.8 Å². The van der Waals surface area contributed by atoms with E-state index >= 15 is 0 Å². The SMILES string of the molecule is C[C@@H](O)C(=O)N1CCC(C)(OC(N)=O)CC1. The number of hydrogen-bond donors (Lipinski definition) is 2. The second-order valence-electron chi connectivity index (χ2n) is 4.37. The average molecular weight is 230 g/mol. The molecule has 1 rings (SSSR count). The van der Waals surface area contributed by atoms with Crippen LogP contribution in [0.1, 0.15) is 26.7 Å². The summed E-state index contributed by atoms with van der Waals surface area (Å²) in [6.45, 7) is 4.17. The number of carbonyl (C=O) groups excluding carboxylic acids is 2. The topological polar surface area (TPSA) is 92.9 Å². The molecule has 0 unspecified atom stereocenters. The van der Waals surface area contributed by atoms with Crippen molar-refractivity contribution in [1.29, 1.82) is 0 Å². The second-order valence-corrected chi connectivity index (χ2v) is 4.37. The second kappa shape index (κ2) is 4.69. The van der Waals surface area contributed by atoms with Crippen LogP contribution < -0.4 is 5.73 Å². The maximum Gasteiger partial charge on any atom is 0.405 e. The zero-order valence-electron chi connectivity index (χ0n) is 9.60. The van der Waals surface area contributed by atoms with Crippen LogP contribution in [0.15, 0.2) is 0 Å². The molecule has 2 amide bonds. The lowest BCUT2D eigenvalue weighted by Gasteiger charge is -2.38. The number of aliphatic hydroxyl groups excluding tert-OH is 1. The van der Waals surface area contributed by atoms with E-state index in [1.54, 1.807) is 11.8 Å². The van der Waals surface area contributed by atoms with Crippen LogP contribution >= 0.6 is 0 Å². The minimum Gasteiger partial charge on any atom is -0.443 e. The molecule has 0 radical (unpaired) electrons. The fourth-order valence-electron chi connectivity index (χ4n) is 1.81. The first-order valence-electron chi connectivity index (χ1n) is 5.29. The van der Waals surface area contributed by atoms with E-state index in [9.17, 15) is 9.59 Å². The Bertz CT molecular complexity index is 283. The molecule has 0 bridgehead atoms. The highest BCUT2D eigenvalue weighted by molar-refractivity contribution is 5.80. The third-order valence-corrected chi connectivity index (χ3v) is 2.84. The van der Waals surface area contributed by atoms with E-state index in [4.69, 9.17) is 15.6 Å². The number of carbonyl (C=O) groups is 2. The number of ether oxygens (including phenoxy) is 1. The minimum atomic E-state index is -0.985. The Balaban J connectivity index is 2.50. The first-order chi connectivity index (χ1) is 7.34. The van der Waals surface area contributed by atoms with E-state index in [1.807, 2.05) is 0 Å². The fraction of sp³-hybridized carbons (Fsp3) is 0.800. The molecular weight excluding hydrogens is 212 g/mol. The summed E-state index contributed by atoms with van der Waals surface area (Å²) >= 11 is 0. The standard InChI is InChI=1S/C10H18N2O4/c1-7(13)8(14)12-5-3-10(2,4-6-12)16-9(11)15/h7,13H,3-6H2,1-2H3,(H2,11,15)/t7-/m1/s1. The number of likely N-dealkylation sites (tertiary alicyclic amines) is 1. The molecule has 0 aromatic heterocycles. The molecule has 6 heteroatoms. The Morgan fingerprint density at radius 1 is 1.44 bits per heavy atom. The molecule has 1 saturated heterocycles. The van der Waals surface area contributed by atoms with Crippen molar-refractivity contribution in [1.82, 2.24) is 4.90 Å². The van der Waals surface area contributed by atoms with Gasteiger partial charge in [-0.15, -0.1) is 0 Å². The summed E-state index contributed by atoms with van der Waals surface area (Å²) in [5.41, 5.74) is 4.37. The molecule has 1 fully saturated rings. The van der Waals surface area contributed by atoms with Gasteiger partial charge in [-0.2, -0.15) is 0 Å². The lowest BCUT2D eigenvalue weighted by Crippen LogP contribution is -2.50. The van der Waals surface area contributed by atoms with E-state index < -0.39 is 17.8 Å². The van der Waals surface area contributed by atoms with Crippen LogP contribution in [-0.2, 0) is 9.53 Å². The van der Waals surface area contributed by atoms with Crippen molar-refractivity contribution in [3.8, 4) is 0 Å². The van der Waals surface area contributed by atoms with Gasteiger partial charge in [-0.05, 0) is 13.8 Å². The molecule has 0 saturated carbocycles. The Kier molecular flexibility index (Phi) is 3.74. The number of primary amides is 1. The Morgan fingerprint density at radius 3 is 2.31 bits per heavy atom. The van der Waals surface area contributed by atoms with Gasteiger partial charge in [0.25, 0.3) is 5.91 Å². The molecule has 1 atom stereocenters. The molecule has 92 valence electrons. The van der Waals surface area contributed by atoms with E-state index in [-0.39, 0.29) is 5.91 Å². The Labute approximate surface area is 94.3 Å². The smallest absolute Gasteiger partial charge is 0.405 e. The van der Waals surface area contributed by atoms with E-state index in [2.05, 4.69) is 0 Å². The summed E-state index contributed by atoms with van der Waals surface area (Å²) in [5.74, 6) is -0.291. The van der Waals surface area contributed by atoms with Gasteiger partial charge in [-0.3, -0.25) is 4.79 Å². The van der Waals surface area contributed by atoms with Gasteiger partial charge in [-0.1, -0.05) is 0 Å². The first-order valence-corrected chi connectivity index (χ1v) is 5.29. The third-order valence-electron chi connectivity index (χ3n) is 2.84. The molecule has 0 aromatic rings. The van der Waals surface area contributed by atoms with Crippen LogP contribution in [0.2, 0.25) is 0 Å². The Hall–Kier alpha value is -1.30. The molecule has 3 N–H and O–H groups in total. The van der Waals surface area contributed by atoms with Crippen molar-refractivity contribution >= 4 is 12.0 Å². The average Bonchev–Trinajstić information content (AvgIpc) is 2.16. The molecule has 16 heavy (non-hydrogen) atoms. The molecule has 0 spiro atoms. The zero-order chi connectivity index (χ0) is 12.3. The van der Waals surface area contributed by atoms with Crippen LogP contribution in [0, 0.1) is 0 Å². The summed E-state index contributed by atoms with van der Waals surface area (Å²) in [7, 11) is 0. The monoisotopic (exact) mass is 230 g/mol. The van der Waals surface area contributed by atoms with E-state index in [0.29, 0.717) is 25.9 Å². The number of aliphatic hydroxyl groups is 1. The maximum atomic E-state index is 11.5. The van der Waals surface area contributed by atoms with E-state index in [1.165, 1.54) is 6.92 Å². The van der Waals surface area contributed by atoms with Crippen molar-refractivity contribution < 1.29 is 19.4 Å². The van der Waals surface area contributed by atoms with Gasteiger partial charge in [0.05, 0.1) is 0 Å². The summed E-state index contributed by atoms with van der Waals surface area (Å²) in [4.78, 5) is 23.7. The normalized spacial score (nSPS) is 21.3. The summed E-state index contributed by atoms with van der Waals surface area (Å²) in [6, 6.07) is 0. The Morgan fingerprint density at radius 2 is 1.94 bits per heavy atom. The molecule has 0 aromatic carbocycles. The number of nitrogens with zero attached hydrogens (tertiary/aromatic N) is 1. The van der Waals surface area contributed by atoms with Gasteiger partial charge >= 0.3 is 6.09 Å². The quantitative estimate of drug-likeness (QED) is 0.689. The van der Waals surface area contributed by atoms with Crippen molar-refractivity contribution in [2.24, 2.45) is 5.73 Å². The number of nitrogens with two attached hydrogens (primary N) is 1. The van der Waals surface area contributed by atoms with Gasteiger partial charge in [0.15, 0.2) is 0 Å². The zero-order valence-corrected chi connectivity index (χ0v) is 9.60. The molecule has 1 heterocycles. The van der Waals surface area contributed by atoms with Gasteiger partial charge in [-0.25, -0.2) is 4.79 Å². The predicted octanol–water partition coefficient (Wildman–Crippen LogP) is -0.156. The first kappa shape index (κ1) is 12.8. The number of amides is 2. The van der Waals surface area contributed by atoms with E-state index in [0.717, 1.165) is 0 Å². The highest BCUT2D eigenvalue weighted by Crippen LogP contribution is 2.25. The number of hydrogen-bond acceptors (Lipinski definition) is 4. The van der Waals surface area contributed by atoms with Crippen molar-refractivity contribution in [3.63, 3.8) is 0 Å². The summed E-state index contributed by atoms with van der Waals surface area (Å²) in [6.07, 6.45) is -0.706.